The van der Waals surface area contributed by atoms with Crippen LogP contribution in [0.2, 0.25) is 0 Å². The summed E-state index contributed by atoms with van der Waals surface area (Å²) in [5.74, 6) is 0.188. The Labute approximate surface area is 250 Å². The highest BCUT2D eigenvalue weighted by molar-refractivity contribution is 5.90. The van der Waals surface area contributed by atoms with Crippen LogP contribution in [0.4, 0.5) is 0 Å². The SMILES string of the molecule is COc1c(C(=O)O)cnn1-c1cccc(-c2cccc(C)c2OCc2ccc3c(c2C)CCN(CC2COCCO2)C3)n1. The van der Waals surface area contributed by atoms with E-state index in [1.807, 2.05) is 37.3 Å². The molecule has 4 aromatic rings. The maximum absolute atomic E-state index is 11.6. The second-order valence-corrected chi connectivity index (χ2v) is 10.9. The van der Waals surface area contributed by atoms with Crippen molar-refractivity contribution in [2.24, 2.45) is 0 Å². The van der Waals surface area contributed by atoms with Crippen molar-refractivity contribution < 1.29 is 28.8 Å². The van der Waals surface area contributed by atoms with Crippen LogP contribution in [0.1, 0.15) is 38.2 Å². The Morgan fingerprint density at radius 3 is 2.77 bits per heavy atom. The minimum Gasteiger partial charge on any atom is -0.488 e. The number of carboxylic acids is 1. The summed E-state index contributed by atoms with van der Waals surface area (Å²) in [6.07, 6.45) is 2.40. The maximum Gasteiger partial charge on any atom is 0.342 e. The smallest absolute Gasteiger partial charge is 0.342 e. The molecule has 10 heteroatoms. The molecule has 0 saturated carbocycles. The largest absolute Gasteiger partial charge is 0.488 e. The number of hydrogen-bond acceptors (Lipinski definition) is 8. The van der Waals surface area contributed by atoms with E-state index in [0.717, 1.165) is 48.5 Å². The number of aryl methyl sites for hydroxylation is 1. The number of carbonyl (C=O) groups is 1. The minimum atomic E-state index is -1.12. The molecule has 2 aromatic carbocycles. The number of methoxy groups -OCH3 is 1. The van der Waals surface area contributed by atoms with Gasteiger partial charge in [-0.3, -0.25) is 4.90 Å². The molecule has 2 aliphatic heterocycles. The third-order valence-electron chi connectivity index (χ3n) is 8.19. The number of pyridine rings is 1. The lowest BCUT2D eigenvalue weighted by molar-refractivity contribution is -0.0985. The van der Waals surface area contributed by atoms with E-state index in [4.69, 9.17) is 23.9 Å². The van der Waals surface area contributed by atoms with Gasteiger partial charge in [-0.05, 0) is 66.3 Å². The van der Waals surface area contributed by atoms with Crippen LogP contribution in [0.25, 0.3) is 17.1 Å². The second kappa shape index (κ2) is 12.5. The average Bonchev–Trinajstić information content (AvgIpc) is 3.47. The average molecular weight is 585 g/mol. The summed E-state index contributed by atoms with van der Waals surface area (Å²) in [5, 5.41) is 13.7. The quantitative estimate of drug-likeness (QED) is 0.302. The normalized spacial score (nSPS) is 17.0. The molecule has 2 aliphatic rings. The molecule has 10 nitrogen and oxygen atoms in total. The topological polar surface area (TPSA) is 108 Å². The molecule has 0 amide bonds. The van der Waals surface area contributed by atoms with Gasteiger partial charge in [-0.1, -0.05) is 30.3 Å². The number of hydrogen-bond donors (Lipinski definition) is 1. The lowest BCUT2D eigenvalue weighted by atomic mass is 9.91. The first-order valence-electron chi connectivity index (χ1n) is 14.5. The monoisotopic (exact) mass is 584 g/mol. The first kappa shape index (κ1) is 28.9. The summed E-state index contributed by atoms with van der Waals surface area (Å²) in [4.78, 5) is 18.9. The molecule has 0 aliphatic carbocycles. The van der Waals surface area contributed by atoms with E-state index in [-0.39, 0.29) is 17.5 Å². The van der Waals surface area contributed by atoms with Crippen LogP contribution in [0, 0.1) is 13.8 Å². The molecular weight excluding hydrogens is 548 g/mol. The van der Waals surface area contributed by atoms with Gasteiger partial charge in [0.25, 0.3) is 0 Å². The number of aromatic nitrogens is 3. The van der Waals surface area contributed by atoms with Gasteiger partial charge in [0.2, 0.25) is 5.88 Å². The molecule has 6 rings (SSSR count). The van der Waals surface area contributed by atoms with Crippen molar-refractivity contribution in [1.29, 1.82) is 0 Å². The van der Waals surface area contributed by atoms with E-state index in [0.29, 0.717) is 37.9 Å². The number of ether oxygens (including phenoxy) is 4. The Hall–Kier alpha value is -4.25. The van der Waals surface area contributed by atoms with Gasteiger partial charge in [-0.2, -0.15) is 9.78 Å². The van der Waals surface area contributed by atoms with Crippen LogP contribution in [0.3, 0.4) is 0 Å². The van der Waals surface area contributed by atoms with Gasteiger partial charge in [0.15, 0.2) is 5.82 Å². The first-order chi connectivity index (χ1) is 20.9. The van der Waals surface area contributed by atoms with E-state index in [9.17, 15) is 9.90 Å². The molecule has 0 radical (unpaired) electrons. The Balaban J connectivity index is 1.21. The molecule has 224 valence electrons. The van der Waals surface area contributed by atoms with E-state index in [2.05, 4.69) is 29.1 Å². The summed E-state index contributed by atoms with van der Waals surface area (Å²) >= 11 is 0. The molecule has 1 saturated heterocycles. The summed E-state index contributed by atoms with van der Waals surface area (Å²) in [7, 11) is 1.41. The van der Waals surface area contributed by atoms with Gasteiger partial charge in [0, 0.05) is 25.2 Å². The van der Waals surface area contributed by atoms with Gasteiger partial charge in [-0.25, -0.2) is 9.78 Å². The highest BCUT2D eigenvalue weighted by atomic mass is 16.6. The van der Waals surface area contributed by atoms with Crippen molar-refractivity contribution in [3.05, 3.63) is 88.1 Å². The van der Waals surface area contributed by atoms with Gasteiger partial charge in [0.05, 0.1) is 44.9 Å². The zero-order valence-electron chi connectivity index (χ0n) is 24.7. The number of carboxylic acid groups (broad SMARTS) is 1. The van der Waals surface area contributed by atoms with E-state index in [1.54, 1.807) is 6.07 Å². The summed E-state index contributed by atoms with van der Waals surface area (Å²) in [6, 6.07) is 15.9. The lowest BCUT2D eigenvalue weighted by Gasteiger charge is -2.34. The number of para-hydroxylation sites is 1. The standard InChI is InChI=1S/C33H36N4O6/c1-21-6-4-7-27(29-8-5-9-30(35-29)37-32(40-3)28(16-34-37)33(38)39)31(21)43-19-24-11-10-23-17-36(13-12-26(23)22(24)2)18-25-20-41-14-15-42-25/h4-11,16,25H,12-15,17-20H2,1-3H3,(H,38,39). The summed E-state index contributed by atoms with van der Waals surface area (Å²) in [6.45, 7) is 9.48. The number of fused-ring (bicyclic) bond motifs is 1. The first-order valence-corrected chi connectivity index (χ1v) is 14.5. The number of rotatable bonds is 9. The third kappa shape index (κ3) is 5.99. The van der Waals surface area contributed by atoms with Gasteiger partial charge in [-0.15, -0.1) is 0 Å². The number of nitrogens with zero attached hydrogens (tertiary/aromatic N) is 4. The Kier molecular flexibility index (Phi) is 8.42. The van der Waals surface area contributed by atoms with Crippen LogP contribution in [0.5, 0.6) is 11.6 Å². The van der Waals surface area contributed by atoms with Crippen LogP contribution < -0.4 is 9.47 Å². The van der Waals surface area contributed by atoms with Crippen molar-refractivity contribution in [2.75, 3.05) is 40.0 Å². The van der Waals surface area contributed by atoms with Crippen molar-refractivity contribution in [3.63, 3.8) is 0 Å². The fourth-order valence-electron chi connectivity index (χ4n) is 5.92. The zero-order valence-corrected chi connectivity index (χ0v) is 24.7. The molecule has 2 aromatic heterocycles. The van der Waals surface area contributed by atoms with Crippen molar-refractivity contribution >= 4 is 5.97 Å². The van der Waals surface area contributed by atoms with E-state index < -0.39 is 5.97 Å². The third-order valence-corrected chi connectivity index (χ3v) is 8.19. The highest BCUT2D eigenvalue weighted by Gasteiger charge is 2.24. The molecule has 1 N–H and O–H groups in total. The Morgan fingerprint density at radius 2 is 1.98 bits per heavy atom. The van der Waals surface area contributed by atoms with E-state index in [1.165, 1.54) is 34.7 Å². The van der Waals surface area contributed by atoms with Gasteiger partial charge in [0.1, 0.15) is 17.9 Å². The number of aromatic carboxylic acids is 1. The van der Waals surface area contributed by atoms with Gasteiger partial charge >= 0.3 is 5.97 Å². The van der Waals surface area contributed by atoms with E-state index >= 15 is 0 Å². The highest BCUT2D eigenvalue weighted by Crippen LogP contribution is 2.34. The molecule has 43 heavy (non-hydrogen) atoms. The second-order valence-electron chi connectivity index (χ2n) is 10.9. The van der Waals surface area contributed by atoms with Crippen LogP contribution >= 0.6 is 0 Å². The van der Waals surface area contributed by atoms with Crippen LogP contribution in [-0.4, -0.2) is 76.9 Å². The molecule has 1 atom stereocenters. The van der Waals surface area contributed by atoms with Gasteiger partial charge < -0.3 is 24.1 Å². The molecule has 0 bridgehead atoms. The predicted octanol–water partition coefficient (Wildman–Crippen LogP) is 4.61. The maximum atomic E-state index is 11.6. The molecule has 1 fully saturated rings. The molecule has 0 spiro atoms. The van der Waals surface area contributed by atoms with Crippen molar-refractivity contribution in [2.45, 2.75) is 39.5 Å². The van der Waals surface area contributed by atoms with Crippen LogP contribution in [-0.2, 0) is 29.0 Å². The molecular formula is C33H36N4O6. The molecule has 4 heterocycles. The summed E-state index contributed by atoms with van der Waals surface area (Å²) < 4.78 is 24.7. The predicted molar refractivity (Wildman–Crippen MR) is 160 cm³/mol. The Bertz CT molecular complexity index is 1630. The van der Waals surface area contributed by atoms with Crippen molar-refractivity contribution in [3.8, 4) is 28.7 Å². The number of benzene rings is 2. The zero-order chi connectivity index (χ0) is 29.9. The molecule has 1 unspecified atom stereocenters. The van der Waals surface area contributed by atoms with Crippen molar-refractivity contribution in [1.82, 2.24) is 19.7 Å². The Morgan fingerprint density at radius 1 is 1.12 bits per heavy atom. The lowest BCUT2D eigenvalue weighted by Crippen LogP contribution is -2.42. The minimum absolute atomic E-state index is 0.0322. The summed E-state index contributed by atoms with van der Waals surface area (Å²) in [5.41, 5.74) is 7.70. The fraction of sp³-hybridized carbons (Fsp3) is 0.364. The fourth-order valence-corrected chi connectivity index (χ4v) is 5.92. The van der Waals surface area contributed by atoms with Crippen LogP contribution in [0.15, 0.2) is 54.7 Å².